The highest BCUT2D eigenvalue weighted by molar-refractivity contribution is 5.93. The fraction of sp³-hybridized carbons (Fsp3) is 0.286. The first-order chi connectivity index (χ1) is 14.0. The van der Waals surface area contributed by atoms with E-state index in [1.807, 2.05) is 6.92 Å². The van der Waals surface area contributed by atoms with Crippen LogP contribution in [-0.4, -0.2) is 31.7 Å². The molecule has 2 rings (SSSR count). The van der Waals surface area contributed by atoms with Gasteiger partial charge in [0, 0.05) is 18.5 Å². The molecule has 8 heteroatoms. The number of rotatable bonds is 10. The van der Waals surface area contributed by atoms with Crippen molar-refractivity contribution >= 4 is 23.7 Å². The van der Waals surface area contributed by atoms with Crippen LogP contribution in [0.1, 0.15) is 31.7 Å². The van der Waals surface area contributed by atoms with Crippen molar-refractivity contribution in [3.05, 3.63) is 53.8 Å². The van der Waals surface area contributed by atoms with Gasteiger partial charge in [-0.05, 0) is 54.4 Å². The Morgan fingerprint density at radius 2 is 1.79 bits per heavy atom. The van der Waals surface area contributed by atoms with Crippen LogP contribution < -0.4 is 20.2 Å². The van der Waals surface area contributed by atoms with E-state index in [9.17, 15) is 14.0 Å². The van der Waals surface area contributed by atoms with Crippen molar-refractivity contribution in [1.29, 1.82) is 0 Å². The summed E-state index contributed by atoms with van der Waals surface area (Å²) < 4.78 is 23.7. The van der Waals surface area contributed by atoms with Gasteiger partial charge in [0.05, 0.1) is 19.9 Å². The van der Waals surface area contributed by atoms with Crippen molar-refractivity contribution in [3.63, 3.8) is 0 Å². The van der Waals surface area contributed by atoms with Gasteiger partial charge in [-0.2, -0.15) is 5.10 Å². The maximum Gasteiger partial charge on any atom is 0.240 e. The van der Waals surface area contributed by atoms with E-state index in [4.69, 9.17) is 9.47 Å². The molecule has 0 spiro atoms. The number of carbonyl (C=O) groups excluding carboxylic acids is 2. The Bertz CT molecular complexity index is 854. The third-order valence-electron chi connectivity index (χ3n) is 3.76. The van der Waals surface area contributed by atoms with E-state index in [1.165, 1.54) is 30.5 Å². The van der Waals surface area contributed by atoms with Crippen molar-refractivity contribution in [2.45, 2.75) is 26.2 Å². The maximum atomic E-state index is 12.8. The van der Waals surface area contributed by atoms with Crippen LogP contribution in [0.3, 0.4) is 0 Å². The smallest absolute Gasteiger partial charge is 0.240 e. The quantitative estimate of drug-likeness (QED) is 0.471. The molecule has 0 atom stereocenters. The number of benzene rings is 2. The Hall–Kier alpha value is -3.42. The van der Waals surface area contributed by atoms with Crippen LogP contribution in [0.4, 0.5) is 10.1 Å². The van der Waals surface area contributed by atoms with Crippen molar-refractivity contribution in [1.82, 2.24) is 5.43 Å². The van der Waals surface area contributed by atoms with E-state index in [0.717, 1.165) is 12.0 Å². The van der Waals surface area contributed by atoms with Gasteiger partial charge in [0.15, 0.2) is 11.5 Å². The summed E-state index contributed by atoms with van der Waals surface area (Å²) in [7, 11) is 1.55. The van der Waals surface area contributed by atoms with Crippen LogP contribution >= 0.6 is 0 Å². The lowest BCUT2D eigenvalue weighted by Crippen LogP contribution is -2.20. The van der Waals surface area contributed by atoms with Crippen molar-refractivity contribution < 1.29 is 23.5 Å². The predicted octanol–water partition coefficient (Wildman–Crippen LogP) is 3.49. The molecule has 7 nitrogen and oxygen atoms in total. The first-order valence-corrected chi connectivity index (χ1v) is 9.20. The van der Waals surface area contributed by atoms with E-state index in [0.29, 0.717) is 23.8 Å². The third kappa shape index (κ3) is 7.61. The molecule has 0 bridgehead atoms. The number of carbonyl (C=O) groups is 2. The SMILES string of the molecule is CCCOc1ccc(C=NNC(=O)CCC(=O)Nc2ccc(F)cc2)cc1OC. The van der Waals surface area contributed by atoms with Crippen molar-refractivity contribution in [3.8, 4) is 11.5 Å². The fourth-order valence-corrected chi connectivity index (χ4v) is 2.31. The molecule has 0 aliphatic heterocycles. The number of nitrogens with zero attached hydrogens (tertiary/aromatic N) is 1. The highest BCUT2D eigenvalue weighted by Crippen LogP contribution is 2.27. The Kier molecular flexibility index (Phi) is 8.62. The van der Waals surface area contributed by atoms with Crippen LogP contribution in [0, 0.1) is 5.82 Å². The summed E-state index contributed by atoms with van der Waals surface area (Å²) in [6.45, 7) is 2.61. The van der Waals surface area contributed by atoms with E-state index >= 15 is 0 Å². The summed E-state index contributed by atoms with van der Waals surface area (Å²) in [6, 6.07) is 10.7. The molecule has 0 aliphatic rings. The normalized spacial score (nSPS) is 10.6. The molecule has 0 heterocycles. The summed E-state index contributed by atoms with van der Waals surface area (Å²) in [6.07, 6.45) is 2.32. The van der Waals surface area contributed by atoms with Gasteiger partial charge >= 0.3 is 0 Å². The zero-order chi connectivity index (χ0) is 21.1. The van der Waals surface area contributed by atoms with E-state index in [2.05, 4.69) is 15.8 Å². The first kappa shape index (κ1) is 21.9. The summed E-state index contributed by atoms with van der Waals surface area (Å²) in [5, 5.41) is 6.48. The van der Waals surface area contributed by atoms with Crippen LogP contribution in [0.2, 0.25) is 0 Å². The number of anilines is 1. The summed E-state index contributed by atoms with van der Waals surface area (Å²) in [5.41, 5.74) is 3.56. The van der Waals surface area contributed by atoms with Crippen LogP contribution in [-0.2, 0) is 9.59 Å². The van der Waals surface area contributed by atoms with Gasteiger partial charge in [-0.3, -0.25) is 9.59 Å². The fourth-order valence-electron chi connectivity index (χ4n) is 2.31. The molecule has 154 valence electrons. The summed E-state index contributed by atoms with van der Waals surface area (Å²) in [4.78, 5) is 23.7. The topological polar surface area (TPSA) is 89.0 Å². The molecule has 0 fully saturated rings. The van der Waals surface area contributed by atoms with Crippen molar-refractivity contribution in [2.75, 3.05) is 19.0 Å². The van der Waals surface area contributed by atoms with E-state index < -0.39 is 5.91 Å². The molecule has 2 aromatic carbocycles. The molecule has 0 saturated carbocycles. The van der Waals surface area contributed by atoms with Crippen LogP contribution in [0.25, 0.3) is 0 Å². The monoisotopic (exact) mass is 401 g/mol. The molecule has 0 aliphatic carbocycles. The third-order valence-corrected chi connectivity index (χ3v) is 3.76. The Balaban J connectivity index is 1.78. The largest absolute Gasteiger partial charge is 0.493 e. The number of nitrogens with one attached hydrogen (secondary N) is 2. The van der Waals surface area contributed by atoms with Crippen molar-refractivity contribution in [2.24, 2.45) is 5.10 Å². The predicted molar refractivity (Wildman–Crippen MR) is 109 cm³/mol. The molecule has 0 saturated heterocycles. The molecule has 29 heavy (non-hydrogen) atoms. The van der Waals surface area contributed by atoms with Crippen LogP contribution in [0.5, 0.6) is 11.5 Å². The molecule has 0 unspecified atom stereocenters. The zero-order valence-corrected chi connectivity index (χ0v) is 16.4. The van der Waals surface area contributed by atoms with E-state index in [1.54, 1.807) is 25.3 Å². The van der Waals surface area contributed by atoms with Gasteiger partial charge in [0.2, 0.25) is 11.8 Å². The number of ether oxygens (including phenoxy) is 2. The number of hydrogen-bond donors (Lipinski definition) is 2. The second-order valence-electron chi connectivity index (χ2n) is 6.11. The first-order valence-electron chi connectivity index (χ1n) is 9.20. The number of halogens is 1. The number of hydrogen-bond acceptors (Lipinski definition) is 5. The minimum Gasteiger partial charge on any atom is -0.493 e. The second-order valence-corrected chi connectivity index (χ2v) is 6.11. The van der Waals surface area contributed by atoms with E-state index in [-0.39, 0.29) is 24.6 Å². The molecule has 2 N–H and O–H groups in total. The second kappa shape index (κ2) is 11.4. The maximum absolute atomic E-state index is 12.8. The van der Waals surface area contributed by atoms with Gasteiger partial charge in [0.1, 0.15) is 5.82 Å². The molecular weight excluding hydrogens is 377 g/mol. The number of hydrazone groups is 1. The minimum atomic E-state index is -0.398. The average molecular weight is 401 g/mol. The standard InChI is InChI=1S/C21H24FN3O4/c1-3-12-29-18-9-4-15(13-19(18)28-2)14-23-25-21(27)11-10-20(26)24-17-7-5-16(22)6-8-17/h4-9,13-14H,3,10-12H2,1-2H3,(H,24,26)(H,25,27). The molecule has 2 aromatic rings. The minimum absolute atomic E-state index is 0.0178. The lowest BCUT2D eigenvalue weighted by atomic mass is 10.2. The lowest BCUT2D eigenvalue weighted by molar-refractivity contribution is -0.124. The average Bonchev–Trinajstić information content (AvgIpc) is 2.72. The Labute approximate surface area is 168 Å². The molecular formula is C21H24FN3O4. The van der Waals surface area contributed by atoms with Gasteiger partial charge in [-0.25, -0.2) is 9.82 Å². The molecule has 2 amide bonds. The highest BCUT2D eigenvalue weighted by Gasteiger charge is 2.07. The lowest BCUT2D eigenvalue weighted by Gasteiger charge is -2.10. The van der Waals surface area contributed by atoms with Gasteiger partial charge in [0.25, 0.3) is 0 Å². The van der Waals surface area contributed by atoms with Gasteiger partial charge < -0.3 is 14.8 Å². The van der Waals surface area contributed by atoms with Gasteiger partial charge in [-0.15, -0.1) is 0 Å². The van der Waals surface area contributed by atoms with Crippen LogP contribution in [0.15, 0.2) is 47.6 Å². The zero-order valence-electron chi connectivity index (χ0n) is 16.4. The number of amides is 2. The highest BCUT2D eigenvalue weighted by atomic mass is 19.1. The Morgan fingerprint density at radius 3 is 2.48 bits per heavy atom. The number of methoxy groups -OCH3 is 1. The summed E-state index contributed by atoms with van der Waals surface area (Å²) >= 11 is 0. The summed E-state index contributed by atoms with van der Waals surface area (Å²) in [5.74, 6) is 0.0865. The van der Waals surface area contributed by atoms with Gasteiger partial charge in [-0.1, -0.05) is 6.92 Å². The Morgan fingerprint density at radius 1 is 1.07 bits per heavy atom. The molecule has 0 radical (unpaired) electrons. The molecule has 0 aromatic heterocycles.